The van der Waals surface area contributed by atoms with Gasteiger partial charge in [-0.2, -0.15) is 0 Å². The van der Waals surface area contributed by atoms with Crippen LogP contribution in [0.5, 0.6) is 0 Å². The third-order valence-corrected chi connectivity index (χ3v) is 2.83. The summed E-state index contributed by atoms with van der Waals surface area (Å²) in [7, 11) is 1.46. The van der Waals surface area contributed by atoms with Gasteiger partial charge in [0, 0.05) is 0 Å². The van der Waals surface area contributed by atoms with Gasteiger partial charge in [-0.25, -0.2) is 0 Å². The quantitative estimate of drug-likeness (QED) is 0.460. The van der Waals surface area contributed by atoms with Crippen molar-refractivity contribution in [2.45, 2.75) is 33.6 Å². The van der Waals surface area contributed by atoms with Crippen molar-refractivity contribution >= 4 is 5.97 Å². The zero-order valence-corrected chi connectivity index (χ0v) is 8.89. The Bertz CT molecular complexity index is 238. The lowest BCUT2D eigenvalue weighted by atomic mass is 9.71. The standard InChI is InChI=1S/C11H18O2/c1-8-5-6-9(10(12)13-4)11(2,3)7-8/h7,9H,5-6H2,1-4H3. The summed E-state index contributed by atoms with van der Waals surface area (Å²) in [6.45, 7) is 6.31. The number of esters is 1. The first-order valence-electron chi connectivity index (χ1n) is 4.73. The third-order valence-electron chi connectivity index (χ3n) is 2.83. The molecule has 0 aliphatic heterocycles. The van der Waals surface area contributed by atoms with E-state index in [4.69, 9.17) is 4.74 Å². The Kier molecular flexibility index (Phi) is 2.79. The monoisotopic (exact) mass is 182 g/mol. The molecule has 2 nitrogen and oxygen atoms in total. The normalized spacial score (nSPS) is 26.5. The molecule has 0 fully saturated rings. The zero-order chi connectivity index (χ0) is 10.1. The predicted molar refractivity (Wildman–Crippen MR) is 52.3 cm³/mol. The Balaban J connectivity index is 2.85. The highest BCUT2D eigenvalue weighted by atomic mass is 16.5. The van der Waals surface area contributed by atoms with E-state index >= 15 is 0 Å². The van der Waals surface area contributed by atoms with Crippen LogP contribution in [0.4, 0.5) is 0 Å². The molecule has 74 valence electrons. The summed E-state index contributed by atoms with van der Waals surface area (Å²) >= 11 is 0. The Hall–Kier alpha value is -0.790. The van der Waals surface area contributed by atoms with Crippen LogP contribution in [0.25, 0.3) is 0 Å². The van der Waals surface area contributed by atoms with Gasteiger partial charge in [0.05, 0.1) is 13.0 Å². The molecule has 0 bridgehead atoms. The second-order valence-corrected chi connectivity index (χ2v) is 4.43. The molecule has 13 heavy (non-hydrogen) atoms. The smallest absolute Gasteiger partial charge is 0.309 e. The molecule has 0 aromatic heterocycles. The minimum atomic E-state index is -0.0752. The second-order valence-electron chi connectivity index (χ2n) is 4.43. The molecule has 0 spiro atoms. The topological polar surface area (TPSA) is 26.3 Å². The molecule has 0 aromatic rings. The van der Waals surface area contributed by atoms with Gasteiger partial charge in [-0.05, 0) is 25.2 Å². The first-order valence-corrected chi connectivity index (χ1v) is 4.73. The first-order chi connectivity index (χ1) is 5.97. The molecule has 1 aliphatic carbocycles. The number of carbonyl (C=O) groups is 1. The molecule has 1 unspecified atom stereocenters. The van der Waals surface area contributed by atoms with E-state index in [1.165, 1.54) is 12.7 Å². The third kappa shape index (κ3) is 2.11. The molecular formula is C11H18O2. The minimum absolute atomic E-state index is 0.0289. The zero-order valence-electron chi connectivity index (χ0n) is 8.89. The van der Waals surface area contributed by atoms with Gasteiger partial charge in [-0.1, -0.05) is 25.5 Å². The number of rotatable bonds is 1. The van der Waals surface area contributed by atoms with Crippen molar-refractivity contribution in [3.05, 3.63) is 11.6 Å². The van der Waals surface area contributed by atoms with Gasteiger partial charge in [0.2, 0.25) is 0 Å². The van der Waals surface area contributed by atoms with Crippen molar-refractivity contribution in [2.24, 2.45) is 11.3 Å². The molecule has 0 N–H and O–H groups in total. The average molecular weight is 182 g/mol. The maximum atomic E-state index is 11.4. The molecule has 0 saturated heterocycles. The Morgan fingerprint density at radius 3 is 2.69 bits per heavy atom. The summed E-state index contributed by atoms with van der Waals surface area (Å²) in [6, 6.07) is 0. The fourth-order valence-corrected chi connectivity index (χ4v) is 2.12. The van der Waals surface area contributed by atoms with Crippen molar-refractivity contribution in [1.29, 1.82) is 0 Å². The SMILES string of the molecule is COC(=O)C1CCC(C)=CC1(C)C. The van der Waals surface area contributed by atoms with Crippen molar-refractivity contribution in [2.75, 3.05) is 7.11 Å². The number of hydrogen-bond donors (Lipinski definition) is 0. The van der Waals surface area contributed by atoms with Gasteiger partial charge >= 0.3 is 5.97 Å². The van der Waals surface area contributed by atoms with E-state index in [1.54, 1.807) is 0 Å². The minimum Gasteiger partial charge on any atom is -0.469 e. The number of allylic oxidation sites excluding steroid dienone is 2. The summed E-state index contributed by atoms with van der Waals surface area (Å²) in [5.74, 6) is -0.0463. The lowest BCUT2D eigenvalue weighted by molar-refractivity contribution is -0.149. The van der Waals surface area contributed by atoms with Crippen LogP contribution >= 0.6 is 0 Å². The lowest BCUT2D eigenvalue weighted by Gasteiger charge is -2.34. The molecular weight excluding hydrogens is 164 g/mol. The maximum absolute atomic E-state index is 11.4. The summed E-state index contributed by atoms with van der Waals surface area (Å²) in [4.78, 5) is 11.4. The Labute approximate surface area is 80.0 Å². The summed E-state index contributed by atoms with van der Waals surface area (Å²) in [6.07, 6.45) is 4.13. The highest BCUT2D eigenvalue weighted by molar-refractivity contribution is 5.74. The molecule has 2 heteroatoms. The average Bonchev–Trinajstić information content (AvgIpc) is 2.01. The van der Waals surface area contributed by atoms with Crippen LogP contribution in [0, 0.1) is 11.3 Å². The summed E-state index contributed by atoms with van der Waals surface area (Å²) in [5, 5.41) is 0. The molecule has 0 aromatic carbocycles. The molecule has 1 rings (SSSR count). The number of hydrogen-bond acceptors (Lipinski definition) is 2. The van der Waals surface area contributed by atoms with Gasteiger partial charge in [-0.15, -0.1) is 0 Å². The van der Waals surface area contributed by atoms with Crippen LogP contribution in [0.2, 0.25) is 0 Å². The van der Waals surface area contributed by atoms with Gasteiger partial charge < -0.3 is 4.74 Å². The second kappa shape index (κ2) is 3.52. The van der Waals surface area contributed by atoms with Gasteiger partial charge in [0.15, 0.2) is 0 Å². The van der Waals surface area contributed by atoms with Crippen molar-refractivity contribution in [1.82, 2.24) is 0 Å². The predicted octanol–water partition coefficient (Wildman–Crippen LogP) is 2.54. The van der Waals surface area contributed by atoms with Gasteiger partial charge in [0.1, 0.15) is 0 Å². The largest absolute Gasteiger partial charge is 0.469 e. The number of methoxy groups -OCH3 is 1. The molecule has 0 saturated carbocycles. The van der Waals surface area contributed by atoms with E-state index in [9.17, 15) is 4.79 Å². The van der Waals surface area contributed by atoms with Crippen LogP contribution < -0.4 is 0 Å². The molecule has 0 amide bonds. The van der Waals surface area contributed by atoms with Crippen LogP contribution in [-0.4, -0.2) is 13.1 Å². The summed E-state index contributed by atoms with van der Waals surface area (Å²) < 4.78 is 4.79. The molecule has 1 atom stereocenters. The van der Waals surface area contributed by atoms with E-state index < -0.39 is 0 Å². The van der Waals surface area contributed by atoms with Crippen molar-refractivity contribution < 1.29 is 9.53 Å². The van der Waals surface area contributed by atoms with Crippen molar-refractivity contribution in [3.63, 3.8) is 0 Å². The van der Waals surface area contributed by atoms with Gasteiger partial charge in [0.25, 0.3) is 0 Å². The van der Waals surface area contributed by atoms with Crippen LogP contribution in [0.15, 0.2) is 11.6 Å². The van der Waals surface area contributed by atoms with E-state index in [2.05, 4.69) is 26.8 Å². The van der Waals surface area contributed by atoms with E-state index in [1.807, 2.05) is 0 Å². The van der Waals surface area contributed by atoms with E-state index in [-0.39, 0.29) is 17.3 Å². The number of ether oxygens (including phenoxy) is 1. The fraction of sp³-hybridized carbons (Fsp3) is 0.727. The van der Waals surface area contributed by atoms with Crippen LogP contribution in [-0.2, 0) is 9.53 Å². The van der Waals surface area contributed by atoms with Crippen LogP contribution in [0.3, 0.4) is 0 Å². The Morgan fingerprint density at radius 1 is 1.62 bits per heavy atom. The van der Waals surface area contributed by atoms with E-state index in [0.29, 0.717) is 0 Å². The number of carbonyl (C=O) groups excluding carboxylic acids is 1. The van der Waals surface area contributed by atoms with Crippen molar-refractivity contribution in [3.8, 4) is 0 Å². The molecule has 1 aliphatic rings. The van der Waals surface area contributed by atoms with E-state index in [0.717, 1.165) is 12.8 Å². The highest BCUT2D eigenvalue weighted by Crippen LogP contribution is 2.39. The highest BCUT2D eigenvalue weighted by Gasteiger charge is 2.36. The molecule has 0 radical (unpaired) electrons. The maximum Gasteiger partial charge on any atom is 0.309 e. The molecule has 0 heterocycles. The fourth-order valence-electron chi connectivity index (χ4n) is 2.12. The van der Waals surface area contributed by atoms with Gasteiger partial charge in [-0.3, -0.25) is 4.79 Å². The summed E-state index contributed by atoms with van der Waals surface area (Å²) in [5.41, 5.74) is 1.33. The lowest BCUT2D eigenvalue weighted by Crippen LogP contribution is -2.33. The first kappa shape index (κ1) is 10.3. The van der Waals surface area contributed by atoms with Crippen LogP contribution in [0.1, 0.15) is 33.6 Å². The Morgan fingerprint density at radius 2 is 2.23 bits per heavy atom.